The monoisotopic (exact) mass is 297 g/mol. The summed E-state index contributed by atoms with van der Waals surface area (Å²) in [6.07, 6.45) is 0. The van der Waals surface area contributed by atoms with E-state index in [4.69, 9.17) is 21.4 Å². The van der Waals surface area contributed by atoms with Gasteiger partial charge in [0.05, 0.1) is 16.6 Å². The highest BCUT2D eigenvalue weighted by Gasteiger charge is 2.21. The van der Waals surface area contributed by atoms with E-state index < -0.39 is 22.2 Å². The number of hydrogen-bond donors (Lipinski definition) is 1. The Hall–Kier alpha value is -2.18. The molecule has 7 heteroatoms. The lowest BCUT2D eigenvalue weighted by molar-refractivity contribution is -0.385. The van der Waals surface area contributed by atoms with Gasteiger partial charge < -0.3 is 9.84 Å². The van der Waals surface area contributed by atoms with Gasteiger partial charge in [0, 0.05) is 6.07 Å². The number of nitro groups is 1. The van der Waals surface area contributed by atoms with Crippen molar-refractivity contribution in [2.24, 2.45) is 0 Å². The molecule has 0 spiro atoms. The normalized spacial score (nSPS) is 10.3. The van der Waals surface area contributed by atoms with Gasteiger partial charge >= 0.3 is 5.69 Å². The zero-order chi connectivity index (χ0) is 14.7. The lowest BCUT2D eigenvalue weighted by Crippen LogP contribution is -1.96. The lowest BCUT2D eigenvalue weighted by atomic mass is 10.2. The molecule has 0 radical (unpaired) electrons. The first-order chi connectivity index (χ1) is 9.52. The minimum atomic E-state index is -0.860. The number of nitrogens with zero attached hydrogens (tertiary/aromatic N) is 1. The second kappa shape index (κ2) is 5.85. The highest BCUT2D eigenvalue weighted by atomic mass is 35.5. The maximum Gasteiger partial charge on any atom is 0.314 e. The summed E-state index contributed by atoms with van der Waals surface area (Å²) in [5.74, 6) is -1.30. The molecule has 0 aliphatic carbocycles. The van der Waals surface area contributed by atoms with E-state index in [0.29, 0.717) is 5.56 Å². The van der Waals surface area contributed by atoms with Gasteiger partial charge in [-0.05, 0) is 23.8 Å². The Bertz CT molecular complexity index is 663. The van der Waals surface area contributed by atoms with E-state index in [9.17, 15) is 14.5 Å². The largest absolute Gasteiger partial charge is 0.446 e. The Morgan fingerprint density at radius 3 is 2.70 bits per heavy atom. The number of rotatable bonds is 4. The van der Waals surface area contributed by atoms with Gasteiger partial charge in [0.2, 0.25) is 5.75 Å². The van der Waals surface area contributed by atoms with Gasteiger partial charge in [-0.25, -0.2) is 4.39 Å². The summed E-state index contributed by atoms with van der Waals surface area (Å²) in [5.41, 5.74) is 0.0534. The Balaban J connectivity index is 2.42. The van der Waals surface area contributed by atoms with E-state index in [1.807, 2.05) is 0 Å². The average Bonchev–Trinajstić information content (AvgIpc) is 2.42. The molecule has 2 aromatic rings. The lowest BCUT2D eigenvalue weighted by Gasteiger charge is -2.09. The summed E-state index contributed by atoms with van der Waals surface area (Å²) in [6.45, 7) is -0.208. The number of benzene rings is 2. The zero-order valence-corrected chi connectivity index (χ0v) is 10.8. The van der Waals surface area contributed by atoms with Crippen LogP contribution in [-0.4, -0.2) is 10.0 Å². The minimum Gasteiger partial charge on any atom is -0.446 e. The molecule has 0 saturated heterocycles. The Morgan fingerprint density at radius 1 is 1.35 bits per heavy atom. The van der Waals surface area contributed by atoms with Crippen molar-refractivity contribution < 1.29 is 19.2 Å². The molecule has 0 amide bonds. The van der Waals surface area contributed by atoms with Gasteiger partial charge in [-0.1, -0.05) is 23.7 Å². The quantitative estimate of drug-likeness (QED) is 0.690. The highest BCUT2D eigenvalue weighted by Crippen LogP contribution is 2.36. The molecule has 2 rings (SSSR count). The molecule has 0 aromatic heterocycles. The fraction of sp³-hybridized carbons (Fsp3) is 0.0769. The van der Waals surface area contributed by atoms with Crippen LogP contribution in [0.3, 0.4) is 0 Å². The molecule has 0 aliphatic heterocycles. The minimum absolute atomic E-state index is 0.0667. The van der Waals surface area contributed by atoms with E-state index in [1.54, 1.807) is 0 Å². The maximum absolute atomic E-state index is 13.7. The van der Waals surface area contributed by atoms with Gasteiger partial charge in [-0.15, -0.1) is 0 Å². The number of para-hydroxylation sites is 1. The van der Waals surface area contributed by atoms with E-state index >= 15 is 0 Å². The molecule has 1 N–H and O–H groups in total. The number of halogens is 2. The van der Waals surface area contributed by atoms with Crippen LogP contribution in [0.1, 0.15) is 5.56 Å². The molecular weight excluding hydrogens is 289 g/mol. The van der Waals surface area contributed by atoms with Crippen LogP contribution in [0.2, 0.25) is 5.02 Å². The van der Waals surface area contributed by atoms with Crippen molar-refractivity contribution in [1.82, 2.24) is 0 Å². The van der Waals surface area contributed by atoms with E-state index in [0.717, 1.165) is 12.1 Å². The Kier molecular flexibility index (Phi) is 4.16. The van der Waals surface area contributed by atoms with Gasteiger partial charge in [-0.2, -0.15) is 0 Å². The summed E-state index contributed by atoms with van der Waals surface area (Å²) < 4.78 is 18.9. The molecule has 0 heterocycles. The second-order valence-electron chi connectivity index (χ2n) is 3.87. The Morgan fingerprint density at radius 2 is 2.10 bits per heavy atom. The van der Waals surface area contributed by atoms with Crippen LogP contribution >= 0.6 is 11.6 Å². The Labute approximate surface area is 118 Å². The molecule has 0 unspecified atom stereocenters. The highest BCUT2D eigenvalue weighted by molar-refractivity contribution is 6.32. The zero-order valence-electron chi connectivity index (χ0n) is 10.0. The van der Waals surface area contributed by atoms with Crippen LogP contribution in [0.15, 0.2) is 36.4 Å². The summed E-state index contributed by atoms with van der Waals surface area (Å²) >= 11 is 5.91. The predicted molar refractivity (Wildman–Crippen MR) is 70.5 cm³/mol. The molecule has 0 bridgehead atoms. The van der Waals surface area contributed by atoms with Crippen molar-refractivity contribution >= 4 is 17.3 Å². The van der Waals surface area contributed by atoms with Gasteiger partial charge in [0.1, 0.15) is 5.75 Å². The number of hydrogen-bond acceptors (Lipinski definition) is 4. The van der Waals surface area contributed by atoms with Gasteiger partial charge in [0.15, 0.2) is 5.82 Å². The number of aliphatic hydroxyl groups is 1. The first-order valence-electron chi connectivity index (χ1n) is 5.53. The third-order valence-corrected chi connectivity index (χ3v) is 2.83. The SMILES string of the molecule is O=[N+]([O-])c1cccc(F)c1Oc1ccc(CO)cc1Cl. The van der Waals surface area contributed by atoms with Crippen LogP contribution in [0.5, 0.6) is 11.5 Å². The van der Waals surface area contributed by atoms with Crippen LogP contribution in [-0.2, 0) is 6.61 Å². The van der Waals surface area contributed by atoms with Crippen molar-refractivity contribution in [2.45, 2.75) is 6.61 Å². The summed E-state index contributed by atoms with van der Waals surface area (Å²) in [6, 6.07) is 7.77. The molecule has 0 saturated carbocycles. The smallest absolute Gasteiger partial charge is 0.314 e. The van der Waals surface area contributed by atoms with Crippen LogP contribution in [0.25, 0.3) is 0 Å². The van der Waals surface area contributed by atoms with Crippen molar-refractivity contribution in [3.63, 3.8) is 0 Å². The number of ether oxygens (including phenoxy) is 1. The average molecular weight is 298 g/mol. The molecule has 0 atom stereocenters. The fourth-order valence-electron chi connectivity index (χ4n) is 1.58. The van der Waals surface area contributed by atoms with Crippen molar-refractivity contribution in [1.29, 1.82) is 0 Å². The molecule has 0 fully saturated rings. The van der Waals surface area contributed by atoms with Gasteiger partial charge in [0.25, 0.3) is 0 Å². The second-order valence-corrected chi connectivity index (χ2v) is 4.28. The molecule has 5 nitrogen and oxygen atoms in total. The number of aliphatic hydroxyl groups excluding tert-OH is 1. The van der Waals surface area contributed by atoms with E-state index in [2.05, 4.69) is 0 Å². The molecule has 20 heavy (non-hydrogen) atoms. The maximum atomic E-state index is 13.7. The first-order valence-corrected chi connectivity index (χ1v) is 5.90. The molecule has 104 valence electrons. The van der Waals surface area contributed by atoms with E-state index in [-0.39, 0.29) is 17.4 Å². The summed E-state index contributed by atoms with van der Waals surface area (Å²) in [4.78, 5) is 10.1. The third-order valence-electron chi connectivity index (χ3n) is 2.53. The topological polar surface area (TPSA) is 72.6 Å². The van der Waals surface area contributed by atoms with Crippen molar-refractivity contribution in [2.75, 3.05) is 0 Å². The van der Waals surface area contributed by atoms with Crippen molar-refractivity contribution in [3.05, 3.63) is 62.9 Å². The first kappa shape index (κ1) is 14.2. The summed E-state index contributed by atoms with van der Waals surface area (Å²) in [7, 11) is 0. The standard InChI is InChI=1S/C13H9ClFNO4/c14-9-6-8(7-17)4-5-12(9)20-13-10(15)2-1-3-11(13)16(18)19/h1-6,17H,7H2. The van der Waals surface area contributed by atoms with Crippen molar-refractivity contribution in [3.8, 4) is 11.5 Å². The number of nitro benzene ring substituents is 1. The van der Waals surface area contributed by atoms with Crippen LogP contribution in [0.4, 0.5) is 10.1 Å². The molecular formula is C13H9ClFNO4. The molecule has 2 aromatic carbocycles. The van der Waals surface area contributed by atoms with Crippen LogP contribution < -0.4 is 4.74 Å². The molecule has 0 aliphatic rings. The van der Waals surface area contributed by atoms with Crippen LogP contribution in [0, 0.1) is 15.9 Å². The predicted octanol–water partition coefficient (Wildman–Crippen LogP) is 3.67. The summed E-state index contributed by atoms with van der Waals surface area (Å²) in [5, 5.41) is 19.9. The van der Waals surface area contributed by atoms with Gasteiger partial charge in [-0.3, -0.25) is 10.1 Å². The van der Waals surface area contributed by atoms with E-state index in [1.165, 1.54) is 24.3 Å². The fourth-order valence-corrected chi connectivity index (χ4v) is 1.82. The third kappa shape index (κ3) is 2.87.